The van der Waals surface area contributed by atoms with Crippen molar-refractivity contribution >= 4 is 35.1 Å². The predicted molar refractivity (Wildman–Crippen MR) is 100 cm³/mol. The maximum atomic E-state index is 13.0. The van der Waals surface area contributed by atoms with Gasteiger partial charge in [-0.3, -0.25) is 4.79 Å². The number of benzene rings is 1. The molecule has 5 nitrogen and oxygen atoms in total. The number of allylic oxidation sites excluding steroid dienone is 2. The number of carbonyl (C=O) groups is 1. The van der Waals surface area contributed by atoms with Crippen LogP contribution in [0.4, 0.5) is 5.95 Å². The number of ketones is 1. The van der Waals surface area contributed by atoms with E-state index in [1.165, 1.54) is 11.8 Å². The highest BCUT2D eigenvalue weighted by Gasteiger charge is 2.42. The zero-order valence-electron chi connectivity index (χ0n) is 14.3. The number of halogens is 1. The molecule has 1 aliphatic carbocycles. The number of nitrogens with zero attached hydrogens (tertiary/aromatic N) is 3. The van der Waals surface area contributed by atoms with E-state index in [1.54, 1.807) is 4.68 Å². The molecule has 0 radical (unpaired) electrons. The fourth-order valence-corrected chi connectivity index (χ4v) is 4.25. The molecule has 2 aliphatic rings. The molecule has 0 unspecified atom stereocenters. The van der Waals surface area contributed by atoms with Crippen molar-refractivity contribution < 1.29 is 4.79 Å². The van der Waals surface area contributed by atoms with Gasteiger partial charge in [0.15, 0.2) is 5.78 Å². The van der Waals surface area contributed by atoms with Gasteiger partial charge in [-0.1, -0.05) is 55.4 Å². The van der Waals surface area contributed by atoms with Gasteiger partial charge in [-0.25, -0.2) is 4.68 Å². The van der Waals surface area contributed by atoms with E-state index in [2.05, 4.69) is 29.2 Å². The molecule has 7 heteroatoms. The summed E-state index contributed by atoms with van der Waals surface area (Å²) in [6, 6.07) is 7.30. The molecule has 130 valence electrons. The molecule has 2 aromatic rings. The molecule has 0 amide bonds. The number of thioether (sulfide) groups is 1. The molecule has 1 aromatic heterocycles. The molecule has 0 saturated heterocycles. The van der Waals surface area contributed by atoms with Crippen LogP contribution in [0.15, 0.2) is 40.7 Å². The fourth-order valence-electron chi connectivity index (χ4n) is 3.66. The second kappa shape index (κ2) is 5.88. The van der Waals surface area contributed by atoms with E-state index in [9.17, 15) is 4.79 Å². The summed E-state index contributed by atoms with van der Waals surface area (Å²) in [4.78, 5) is 17.6. The van der Waals surface area contributed by atoms with Gasteiger partial charge >= 0.3 is 0 Å². The van der Waals surface area contributed by atoms with Crippen LogP contribution in [0.3, 0.4) is 0 Å². The fraction of sp³-hybridized carbons (Fsp3) is 0.389. The lowest BCUT2D eigenvalue weighted by Gasteiger charge is -2.38. The number of hydrogen-bond donors (Lipinski definition) is 1. The molecular formula is C18H19ClN4OS. The first kappa shape index (κ1) is 16.7. The number of fused-ring (bicyclic) bond motifs is 1. The Morgan fingerprint density at radius 1 is 1.32 bits per heavy atom. The third-order valence-electron chi connectivity index (χ3n) is 4.69. The lowest BCUT2D eigenvalue weighted by molar-refractivity contribution is -0.118. The van der Waals surface area contributed by atoms with Gasteiger partial charge < -0.3 is 5.32 Å². The van der Waals surface area contributed by atoms with E-state index >= 15 is 0 Å². The lowest BCUT2D eigenvalue weighted by Crippen LogP contribution is -2.36. The van der Waals surface area contributed by atoms with Crippen LogP contribution >= 0.6 is 23.4 Å². The van der Waals surface area contributed by atoms with Gasteiger partial charge in [0.05, 0.1) is 0 Å². The Balaban J connectivity index is 1.94. The number of carbonyl (C=O) groups excluding carboxylic acids is 1. The first-order chi connectivity index (χ1) is 11.9. The molecule has 4 rings (SSSR count). The zero-order valence-corrected chi connectivity index (χ0v) is 15.9. The minimum atomic E-state index is -0.336. The molecule has 1 aromatic carbocycles. The maximum absolute atomic E-state index is 13.0. The summed E-state index contributed by atoms with van der Waals surface area (Å²) in [6.07, 6.45) is 3.26. The second-order valence-corrected chi connectivity index (χ2v) is 8.43. The van der Waals surface area contributed by atoms with Crippen LogP contribution in [0.25, 0.3) is 0 Å². The summed E-state index contributed by atoms with van der Waals surface area (Å²) >= 11 is 7.96. The van der Waals surface area contributed by atoms with E-state index in [0.29, 0.717) is 22.5 Å². The number of hydrogen-bond acceptors (Lipinski definition) is 5. The number of nitrogens with one attached hydrogen (secondary N) is 1. The number of Topliss-reactive ketones (excluding diaryl/α,β-unsaturated/α-hetero) is 1. The van der Waals surface area contributed by atoms with Crippen LogP contribution < -0.4 is 5.32 Å². The van der Waals surface area contributed by atoms with Crippen LogP contribution in [-0.4, -0.2) is 26.8 Å². The molecule has 25 heavy (non-hydrogen) atoms. The summed E-state index contributed by atoms with van der Waals surface area (Å²) in [5.41, 5.74) is 2.51. The number of anilines is 1. The minimum Gasteiger partial charge on any atom is -0.328 e. The standard InChI is InChI=1S/C18H19ClN4OS/c1-18(2)8-12-14(13(24)9-18)15(10-6-4-5-7-11(10)19)23-16(20-12)21-17(22-23)25-3/h4-7,15H,8-9H2,1-3H3,(H,20,21,22)/t15-/m1/s1. The maximum Gasteiger partial charge on any atom is 0.227 e. The van der Waals surface area contributed by atoms with Gasteiger partial charge in [0.25, 0.3) is 0 Å². The number of rotatable bonds is 2. The predicted octanol–water partition coefficient (Wildman–Crippen LogP) is 4.31. The Bertz CT molecular complexity index is 902. The molecule has 1 N–H and O–H groups in total. The van der Waals surface area contributed by atoms with Gasteiger partial charge in [0, 0.05) is 28.3 Å². The third-order valence-corrected chi connectivity index (χ3v) is 5.58. The van der Waals surface area contributed by atoms with Gasteiger partial charge in [-0.05, 0) is 24.2 Å². The van der Waals surface area contributed by atoms with Gasteiger partial charge in [0.1, 0.15) is 6.04 Å². The first-order valence-corrected chi connectivity index (χ1v) is 9.78. The third kappa shape index (κ3) is 2.77. The Morgan fingerprint density at radius 2 is 2.08 bits per heavy atom. The molecule has 0 spiro atoms. The van der Waals surface area contributed by atoms with Crippen LogP contribution in [0.5, 0.6) is 0 Å². The van der Waals surface area contributed by atoms with Crippen molar-refractivity contribution in [2.45, 2.75) is 37.9 Å². The molecular weight excluding hydrogens is 356 g/mol. The Hall–Kier alpha value is -1.79. The molecule has 1 aliphatic heterocycles. The van der Waals surface area contributed by atoms with Crippen molar-refractivity contribution in [2.75, 3.05) is 11.6 Å². The summed E-state index contributed by atoms with van der Waals surface area (Å²) in [7, 11) is 0. The highest BCUT2D eigenvalue weighted by atomic mass is 35.5. The molecule has 1 atom stereocenters. The van der Waals surface area contributed by atoms with Crippen LogP contribution in [0.2, 0.25) is 5.02 Å². The topological polar surface area (TPSA) is 59.8 Å². The van der Waals surface area contributed by atoms with Gasteiger partial charge in [-0.2, -0.15) is 4.98 Å². The normalized spacial score (nSPS) is 21.6. The monoisotopic (exact) mass is 374 g/mol. The highest BCUT2D eigenvalue weighted by Crippen LogP contribution is 2.46. The first-order valence-electron chi connectivity index (χ1n) is 8.18. The second-order valence-electron chi connectivity index (χ2n) is 7.25. The van der Waals surface area contributed by atoms with Crippen LogP contribution in [-0.2, 0) is 4.79 Å². The number of aromatic nitrogens is 3. The molecule has 0 bridgehead atoms. The summed E-state index contributed by atoms with van der Waals surface area (Å²) in [5.74, 6) is 0.814. The van der Waals surface area contributed by atoms with Crippen molar-refractivity contribution in [2.24, 2.45) is 5.41 Å². The van der Waals surface area contributed by atoms with Crippen molar-refractivity contribution in [3.8, 4) is 0 Å². The largest absolute Gasteiger partial charge is 0.328 e. The molecule has 0 fully saturated rings. The van der Waals surface area contributed by atoms with Crippen LogP contribution in [0, 0.1) is 5.41 Å². The van der Waals surface area contributed by atoms with Gasteiger partial charge in [0.2, 0.25) is 11.1 Å². The van der Waals surface area contributed by atoms with Crippen molar-refractivity contribution in [3.05, 3.63) is 46.1 Å². The average Bonchev–Trinajstić information content (AvgIpc) is 2.95. The van der Waals surface area contributed by atoms with Crippen molar-refractivity contribution in [3.63, 3.8) is 0 Å². The van der Waals surface area contributed by atoms with E-state index in [0.717, 1.165) is 23.3 Å². The van der Waals surface area contributed by atoms with Crippen molar-refractivity contribution in [1.82, 2.24) is 14.8 Å². The molecule has 0 saturated carbocycles. The van der Waals surface area contributed by atoms with E-state index in [1.807, 2.05) is 30.5 Å². The summed E-state index contributed by atoms with van der Waals surface area (Å²) in [5, 5.41) is 9.24. The van der Waals surface area contributed by atoms with E-state index in [4.69, 9.17) is 11.6 Å². The Morgan fingerprint density at radius 3 is 2.80 bits per heavy atom. The summed E-state index contributed by atoms with van der Waals surface area (Å²) in [6.45, 7) is 4.24. The molecule has 2 heterocycles. The lowest BCUT2D eigenvalue weighted by atomic mass is 9.73. The van der Waals surface area contributed by atoms with E-state index < -0.39 is 0 Å². The zero-order chi connectivity index (χ0) is 17.8. The smallest absolute Gasteiger partial charge is 0.227 e. The Labute approximate surface area is 155 Å². The highest BCUT2D eigenvalue weighted by molar-refractivity contribution is 7.98. The Kier molecular flexibility index (Phi) is 3.92. The minimum absolute atomic E-state index is 0.0710. The quantitative estimate of drug-likeness (QED) is 0.793. The summed E-state index contributed by atoms with van der Waals surface area (Å²) < 4.78 is 1.79. The van der Waals surface area contributed by atoms with Crippen molar-refractivity contribution in [1.29, 1.82) is 0 Å². The average molecular weight is 375 g/mol. The SMILES string of the molecule is CSc1nc2n(n1)[C@H](c1ccccc1Cl)C1=C(CC(C)(C)CC1=O)N2. The van der Waals surface area contributed by atoms with Gasteiger partial charge in [-0.15, -0.1) is 5.10 Å². The van der Waals surface area contributed by atoms with E-state index in [-0.39, 0.29) is 17.2 Å². The van der Waals surface area contributed by atoms with Crippen LogP contribution in [0.1, 0.15) is 38.3 Å².